The number of alkyl halides is 3. The molecule has 0 saturated carbocycles. The number of hydrogen-bond donors (Lipinski definition) is 1. The van der Waals surface area contributed by atoms with Crippen LogP contribution in [0.1, 0.15) is 29.0 Å². The molecular weight excluding hydrogens is 459 g/mol. The lowest BCUT2D eigenvalue weighted by Gasteiger charge is -2.15. The van der Waals surface area contributed by atoms with Crippen LogP contribution in [0.5, 0.6) is 5.75 Å². The van der Waals surface area contributed by atoms with E-state index in [-0.39, 0.29) is 23.7 Å². The van der Waals surface area contributed by atoms with Crippen LogP contribution in [0.25, 0.3) is 0 Å². The van der Waals surface area contributed by atoms with Crippen molar-refractivity contribution in [1.82, 2.24) is 9.55 Å². The number of nitrogens with one attached hydrogen (secondary N) is 1. The molecule has 0 atom stereocenters. The Balaban J connectivity index is 1.50. The molecule has 3 aromatic rings. The highest BCUT2D eigenvalue weighted by molar-refractivity contribution is 8.00. The molecule has 2 aromatic heterocycles. The molecular formula is C22H20F3N3O4S. The van der Waals surface area contributed by atoms with E-state index >= 15 is 0 Å². The molecule has 1 aliphatic carbocycles. The van der Waals surface area contributed by atoms with Crippen LogP contribution in [0.4, 0.5) is 18.9 Å². The fraction of sp³-hybridized carbons (Fsp3) is 0.318. The van der Waals surface area contributed by atoms with E-state index in [2.05, 4.69) is 10.3 Å². The summed E-state index contributed by atoms with van der Waals surface area (Å²) in [5, 5.41) is 2.93. The van der Waals surface area contributed by atoms with Gasteiger partial charge in [-0.15, -0.1) is 0 Å². The molecule has 1 N–H and O–H groups in total. The number of carbonyl (C=O) groups excluding carboxylic acids is 1. The van der Waals surface area contributed by atoms with Crippen molar-refractivity contribution >= 4 is 23.4 Å². The van der Waals surface area contributed by atoms with E-state index in [1.807, 2.05) is 0 Å². The Hall–Kier alpha value is -3.21. The summed E-state index contributed by atoms with van der Waals surface area (Å²) in [7, 11) is 1.30. The highest BCUT2D eigenvalue weighted by atomic mass is 32.2. The maximum absolute atomic E-state index is 13.0. The van der Waals surface area contributed by atoms with E-state index in [9.17, 15) is 22.8 Å². The summed E-state index contributed by atoms with van der Waals surface area (Å²) in [5.74, 6) is 0.0927. The van der Waals surface area contributed by atoms with Crippen molar-refractivity contribution in [2.24, 2.45) is 0 Å². The molecule has 0 unspecified atom stereocenters. The van der Waals surface area contributed by atoms with E-state index < -0.39 is 23.3 Å². The number of benzene rings is 1. The zero-order valence-electron chi connectivity index (χ0n) is 17.6. The number of carbonyl (C=O) groups is 1. The molecule has 0 saturated heterocycles. The fourth-order valence-electron chi connectivity index (χ4n) is 3.73. The van der Waals surface area contributed by atoms with Gasteiger partial charge in [0.05, 0.1) is 36.9 Å². The second-order valence-corrected chi connectivity index (χ2v) is 8.36. The maximum atomic E-state index is 13.0. The third-order valence-electron chi connectivity index (χ3n) is 5.24. The number of furan rings is 1. The minimum Gasteiger partial charge on any atom is -0.495 e. The average Bonchev–Trinajstić information content (AvgIpc) is 3.46. The summed E-state index contributed by atoms with van der Waals surface area (Å²) >= 11 is 1.08. The van der Waals surface area contributed by atoms with Gasteiger partial charge in [0.25, 0.3) is 0 Å². The van der Waals surface area contributed by atoms with Crippen molar-refractivity contribution in [3.8, 4) is 5.75 Å². The Kier molecular flexibility index (Phi) is 6.50. The summed E-state index contributed by atoms with van der Waals surface area (Å²) in [6, 6.07) is 6.39. The van der Waals surface area contributed by atoms with Gasteiger partial charge in [-0.05, 0) is 49.6 Å². The Labute approximate surface area is 191 Å². The Bertz CT molecular complexity index is 1220. The van der Waals surface area contributed by atoms with Gasteiger partial charge in [-0.2, -0.15) is 18.2 Å². The number of hydrogen-bond acceptors (Lipinski definition) is 6. The molecule has 33 heavy (non-hydrogen) atoms. The first kappa shape index (κ1) is 23.0. The number of rotatable bonds is 7. The second kappa shape index (κ2) is 9.34. The first-order valence-corrected chi connectivity index (χ1v) is 11.1. The normalized spacial score (nSPS) is 13.1. The Morgan fingerprint density at radius 3 is 2.82 bits per heavy atom. The monoisotopic (exact) mass is 479 g/mol. The average molecular weight is 479 g/mol. The number of amides is 1. The van der Waals surface area contributed by atoms with Crippen molar-refractivity contribution in [1.29, 1.82) is 0 Å². The minimum atomic E-state index is -4.55. The first-order chi connectivity index (χ1) is 15.8. The van der Waals surface area contributed by atoms with Crippen molar-refractivity contribution in [3.05, 3.63) is 69.7 Å². The van der Waals surface area contributed by atoms with Crippen LogP contribution < -0.4 is 15.7 Å². The van der Waals surface area contributed by atoms with E-state index in [1.54, 1.807) is 16.7 Å². The molecule has 0 fully saturated rings. The van der Waals surface area contributed by atoms with Gasteiger partial charge >= 0.3 is 11.9 Å². The zero-order valence-corrected chi connectivity index (χ0v) is 18.4. The third kappa shape index (κ3) is 5.08. The van der Waals surface area contributed by atoms with Crippen molar-refractivity contribution in [2.45, 2.75) is 37.0 Å². The summed E-state index contributed by atoms with van der Waals surface area (Å²) in [6.07, 6.45) is -0.707. The summed E-state index contributed by atoms with van der Waals surface area (Å²) in [4.78, 5) is 29.3. The maximum Gasteiger partial charge on any atom is 0.416 e. The predicted octanol–water partition coefficient (Wildman–Crippen LogP) is 4.13. The SMILES string of the molecule is COc1ccc(C(F)(F)F)cc1NC(=O)CSc1nc(=O)n(Cc2ccco2)c2c1CCC2. The van der Waals surface area contributed by atoms with E-state index in [4.69, 9.17) is 9.15 Å². The summed E-state index contributed by atoms with van der Waals surface area (Å²) in [6.45, 7) is 0.280. The van der Waals surface area contributed by atoms with Gasteiger partial charge in [0.1, 0.15) is 16.5 Å². The third-order valence-corrected chi connectivity index (χ3v) is 6.25. The molecule has 1 aromatic carbocycles. The van der Waals surface area contributed by atoms with Crippen LogP contribution in [0.2, 0.25) is 0 Å². The van der Waals surface area contributed by atoms with Crippen molar-refractivity contribution < 1.29 is 27.1 Å². The van der Waals surface area contributed by atoms with Crippen LogP contribution in [0, 0.1) is 0 Å². The smallest absolute Gasteiger partial charge is 0.416 e. The highest BCUT2D eigenvalue weighted by Crippen LogP contribution is 2.35. The lowest BCUT2D eigenvalue weighted by molar-refractivity contribution is -0.137. The molecule has 0 spiro atoms. The lowest BCUT2D eigenvalue weighted by Crippen LogP contribution is -2.28. The van der Waals surface area contributed by atoms with Gasteiger partial charge in [-0.3, -0.25) is 9.36 Å². The first-order valence-electron chi connectivity index (χ1n) is 10.1. The molecule has 2 heterocycles. The molecule has 7 nitrogen and oxygen atoms in total. The van der Waals surface area contributed by atoms with Gasteiger partial charge in [0.2, 0.25) is 5.91 Å². The van der Waals surface area contributed by atoms with Crippen molar-refractivity contribution in [2.75, 3.05) is 18.2 Å². The number of aromatic nitrogens is 2. The Morgan fingerprint density at radius 1 is 1.30 bits per heavy atom. The van der Waals surface area contributed by atoms with Crippen LogP contribution in [-0.4, -0.2) is 28.3 Å². The Morgan fingerprint density at radius 2 is 2.12 bits per heavy atom. The number of fused-ring (bicyclic) bond motifs is 1. The number of ether oxygens (including phenoxy) is 1. The van der Waals surface area contributed by atoms with E-state index in [0.29, 0.717) is 10.8 Å². The van der Waals surface area contributed by atoms with Crippen LogP contribution >= 0.6 is 11.8 Å². The standard InChI is InChI=1S/C22H20F3N3O4S/c1-31-18-8-7-13(22(23,24)25)10-16(18)26-19(29)12-33-20-15-5-2-6-17(15)28(21(30)27-20)11-14-4-3-9-32-14/h3-4,7-10H,2,5-6,11-12H2,1H3,(H,26,29). The molecule has 174 valence electrons. The van der Waals surface area contributed by atoms with Gasteiger partial charge in [-0.1, -0.05) is 11.8 Å². The molecule has 0 aliphatic heterocycles. The molecule has 1 amide bonds. The summed E-state index contributed by atoms with van der Waals surface area (Å²) < 4.78 is 51.0. The zero-order chi connectivity index (χ0) is 23.6. The molecule has 4 rings (SSSR count). The fourth-order valence-corrected chi connectivity index (χ4v) is 4.61. The van der Waals surface area contributed by atoms with Crippen LogP contribution in [-0.2, 0) is 30.4 Å². The quantitative estimate of drug-likeness (QED) is 0.405. The second-order valence-electron chi connectivity index (χ2n) is 7.39. The molecule has 0 radical (unpaired) electrons. The van der Waals surface area contributed by atoms with Gasteiger partial charge in [0.15, 0.2) is 0 Å². The van der Waals surface area contributed by atoms with Gasteiger partial charge in [0, 0.05) is 11.3 Å². The number of halogens is 3. The van der Waals surface area contributed by atoms with Gasteiger partial charge < -0.3 is 14.5 Å². The van der Waals surface area contributed by atoms with Crippen LogP contribution in [0.15, 0.2) is 50.8 Å². The number of nitrogens with zero attached hydrogens (tertiary/aromatic N) is 2. The number of thioether (sulfide) groups is 1. The molecule has 11 heteroatoms. The van der Waals surface area contributed by atoms with Crippen molar-refractivity contribution in [3.63, 3.8) is 0 Å². The van der Waals surface area contributed by atoms with E-state index in [1.165, 1.54) is 13.4 Å². The molecule has 1 aliphatic rings. The topological polar surface area (TPSA) is 86.4 Å². The largest absolute Gasteiger partial charge is 0.495 e. The molecule has 0 bridgehead atoms. The highest BCUT2D eigenvalue weighted by Gasteiger charge is 2.31. The lowest BCUT2D eigenvalue weighted by atomic mass is 10.2. The minimum absolute atomic E-state index is 0.0787. The van der Waals surface area contributed by atoms with Gasteiger partial charge in [-0.25, -0.2) is 4.79 Å². The number of anilines is 1. The number of methoxy groups -OCH3 is 1. The summed E-state index contributed by atoms with van der Waals surface area (Å²) in [5.41, 5.74) is 0.370. The van der Waals surface area contributed by atoms with Crippen LogP contribution in [0.3, 0.4) is 0 Å². The predicted molar refractivity (Wildman–Crippen MR) is 116 cm³/mol. The van der Waals surface area contributed by atoms with E-state index in [0.717, 1.165) is 60.5 Å².